The predicted molar refractivity (Wildman–Crippen MR) is 135 cm³/mol. The van der Waals surface area contributed by atoms with Gasteiger partial charge in [-0.25, -0.2) is 4.39 Å². The van der Waals surface area contributed by atoms with Crippen LogP contribution in [0.2, 0.25) is 0 Å². The molecular formula is C26H29F4N6O3+. The Bertz CT molecular complexity index is 1380. The fourth-order valence-electron chi connectivity index (χ4n) is 5.05. The Balaban J connectivity index is 1.62. The summed E-state index contributed by atoms with van der Waals surface area (Å²) in [6.45, 7) is 0.628. The van der Waals surface area contributed by atoms with Crippen LogP contribution in [0.1, 0.15) is 45.3 Å². The molecule has 39 heavy (non-hydrogen) atoms. The van der Waals surface area contributed by atoms with E-state index in [1.54, 1.807) is 12.1 Å². The van der Waals surface area contributed by atoms with E-state index in [4.69, 9.17) is 16.2 Å². The Labute approximate surface area is 221 Å². The molecule has 9 nitrogen and oxygen atoms in total. The number of primary amides is 1. The normalized spacial score (nSPS) is 15.6. The molecule has 2 heterocycles. The number of nitrogen functional groups attached to an aromatic ring is 1. The maximum absolute atomic E-state index is 14.3. The smallest absolute Gasteiger partial charge is 0.464 e. The van der Waals surface area contributed by atoms with Gasteiger partial charge in [-0.05, 0) is 23.8 Å². The second-order valence-electron chi connectivity index (χ2n) is 9.69. The molecule has 1 unspecified atom stereocenters. The number of anilines is 1. The molecule has 4 rings (SSSR count). The number of hydrogen-bond acceptors (Lipinski definition) is 5. The van der Waals surface area contributed by atoms with Gasteiger partial charge in [0.05, 0.1) is 32.8 Å². The molecule has 1 aliphatic rings. The molecule has 3 aromatic rings. The van der Waals surface area contributed by atoms with Crippen LogP contribution >= 0.6 is 0 Å². The Morgan fingerprint density at radius 3 is 2.36 bits per heavy atom. The van der Waals surface area contributed by atoms with Gasteiger partial charge in [0.1, 0.15) is 28.6 Å². The van der Waals surface area contributed by atoms with Crippen molar-refractivity contribution in [3.8, 4) is 17.0 Å². The van der Waals surface area contributed by atoms with E-state index in [9.17, 15) is 27.2 Å². The van der Waals surface area contributed by atoms with Gasteiger partial charge in [0.15, 0.2) is 0 Å². The van der Waals surface area contributed by atoms with E-state index in [-0.39, 0.29) is 46.7 Å². The second-order valence-corrected chi connectivity index (χ2v) is 9.69. The van der Waals surface area contributed by atoms with Crippen molar-refractivity contribution in [3.05, 3.63) is 65.0 Å². The first-order chi connectivity index (χ1) is 18.4. The number of amides is 2. The van der Waals surface area contributed by atoms with Gasteiger partial charge >= 0.3 is 6.18 Å². The Morgan fingerprint density at radius 2 is 1.79 bits per heavy atom. The van der Waals surface area contributed by atoms with Crippen molar-refractivity contribution in [2.24, 2.45) is 5.73 Å². The molecule has 13 heteroatoms. The number of nitrogens with two attached hydrogens (primary N) is 2. The number of aromatic nitrogens is 2. The van der Waals surface area contributed by atoms with Crippen molar-refractivity contribution in [2.75, 3.05) is 33.0 Å². The fourth-order valence-corrected chi connectivity index (χ4v) is 5.05. The van der Waals surface area contributed by atoms with Gasteiger partial charge in [0.25, 0.3) is 18.0 Å². The minimum absolute atomic E-state index is 0.0230. The highest BCUT2D eigenvalue weighted by molar-refractivity contribution is 6.03. The maximum atomic E-state index is 14.3. The quantitative estimate of drug-likeness (QED) is 0.293. The fraction of sp³-hybridized carbons (Fsp3) is 0.346. The number of ether oxygens (including phenoxy) is 1. The van der Waals surface area contributed by atoms with E-state index < -0.39 is 35.8 Å². The molecule has 208 valence electrons. The lowest BCUT2D eigenvalue weighted by molar-refractivity contribution is -0.950. The average molecular weight is 550 g/mol. The van der Waals surface area contributed by atoms with Crippen LogP contribution < -0.4 is 21.5 Å². The van der Waals surface area contributed by atoms with Crippen LogP contribution in [0.5, 0.6) is 5.75 Å². The number of hydrogen-bond donors (Lipinski definition) is 3. The van der Waals surface area contributed by atoms with Crippen molar-refractivity contribution >= 4 is 17.6 Å². The highest BCUT2D eigenvalue weighted by Gasteiger charge is 2.56. The first kappa shape index (κ1) is 27.9. The Hall–Kier alpha value is -4.13. The lowest BCUT2D eigenvalue weighted by Gasteiger charge is -2.38. The molecule has 0 aliphatic carbocycles. The van der Waals surface area contributed by atoms with Crippen molar-refractivity contribution in [3.63, 3.8) is 0 Å². The van der Waals surface area contributed by atoms with Gasteiger partial charge in [-0.15, -0.1) is 0 Å². The number of nitrogens with zero attached hydrogens (tertiary/aromatic N) is 3. The molecule has 0 radical (unpaired) electrons. The lowest BCUT2D eigenvalue weighted by atomic mass is 10.0. The standard InChI is InChI=1S/C26H28F4N6O3/c1-36(11-3-4-12-36)25(26(28,29)30)35-22(31)20(23(32)37)21(34-35)16-7-5-15(6-8-16)14-33-24(38)18-13-17(27)9-10-19(18)39-2/h5-10,13,25H,3-4,11-12,14H2,1-2H3,(H4-,31,32,33,34,37,38)/p+1. The summed E-state index contributed by atoms with van der Waals surface area (Å²) in [5.41, 5.74) is 12.2. The number of carbonyl (C=O) groups excluding carboxylic acids is 2. The van der Waals surface area contributed by atoms with E-state index in [1.807, 2.05) is 0 Å². The number of alkyl halides is 3. The zero-order valence-electron chi connectivity index (χ0n) is 21.4. The van der Waals surface area contributed by atoms with E-state index in [0.717, 1.165) is 6.07 Å². The van der Waals surface area contributed by atoms with Crippen LogP contribution in [0.15, 0.2) is 42.5 Å². The van der Waals surface area contributed by atoms with E-state index >= 15 is 0 Å². The Morgan fingerprint density at radius 1 is 1.15 bits per heavy atom. The molecule has 0 spiro atoms. The molecule has 1 atom stereocenters. The minimum Gasteiger partial charge on any atom is -0.496 e. The van der Waals surface area contributed by atoms with Gasteiger partial charge in [0, 0.05) is 24.9 Å². The molecule has 0 saturated carbocycles. The summed E-state index contributed by atoms with van der Waals surface area (Å²) in [4.78, 5) is 24.8. The summed E-state index contributed by atoms with van der Waals surface area (Å²) >= 11 is 0. The molecular weight excluding hydrogens is 520 g/mol. The highest BCUT2D eigenvalue weighted by Crippen LogP contribution is 2.43. The Kier molecular flexibility index (Phi) is 7.55. The number of rotatable bonds is 8. The summed E-state index contributed by atoms with van der Waals surface area (Å²) in [6, 6.07) is 9.86. The molecule has 1 saturated heterocycles. The monoisotopic (exact) mass is 549 g/mol. The van der Waals surface area contributed by atoms with Crippen molar-refractivity contribution in [1.82, 2.24) is 15.1 Å². The molecule has 1 fully saturated rings. The van der Waals surface area contributed by atoms with Gasteiger partial charge < -0.3 is 21.5 Å². The third-order valence-corrected chi connectivity index (χ3v) is 6.98. The first-order valence-corrected chi connectivity index (χ1v) is 12.2. The number of nitrogens with one attached hydrogen (secondary N) is 1. The van der Waals surface area contributed by atoms with Gasteiger partial charge in [0.2, 0.25) is 0 Å². The number of quaternary nitrogens is 1. The summed E-state index contributed by atoms with van der Waals surface area (Å²) in [5, 5.41) is 6.82. The summed E-state index contributed by atoms with van der Waals surface area (Å²) in [5.74, 6) is -2.40. The van der Waals surface area contributed by atoms with Crippen LogP contribution in [0, 0.1) is 5.82 Å². The largest absolute Gasteiger partial charge is 0.496 e. The minimum atomic E-state index is -4.68. The first-order valence-electron chi connectivity index (χ1n) is 12.2. The molecule has 2 aromatic carbocycles. The lowest BCUT2D eigenvalue weighted by Crippen LogP contribution is -2.53. The van der Waals surface area contributed by atoms with E-state index in [0.29, 0.717) is 28.7 Å². The third kappa shape index (κ3) is 5.53. The zero-order chi connectivity index (χ0) is 28.5. The van der Waals surface area contributed by atoms with Crippen LogP contribution in [0.25, 0.3) is 11.3 Å². The molecule has 5 N–H and O–H groups in total. The van der Waals surface area contributed by atoms with Gasteiger partial charge in [-0.2, -0.15) is 23.0 Å². The van der Waals surface area contributed by atoms with Crippen LogP contribution in [0.3, 0.4) is 0 Å². The highest BCUT2D eigenvalue weighted by atomic mass is 19.4. The summed E-state index contributed by atoms with van der Waals surface area (Å²) in [6.07, 6.45) is -5.51. The number of methoxy groups -OCH3 is 1. The second kappa shape index (κ2) is 10.6. The summed E-state index contributed by atoms with van der Waals surface area (Å²) in [7, 11) is 2.86. The maximum Gasteiger partial charge on any atom is 0.464 e. The average Bonchev–Trinajstić information content (AvgIpc) is 3.45. The van der Waals surface area contributed by atoms with Crippen molar-refractivity contribution in [2.45, 2.75) is 31.7 Å². The van der Waals surface area contributed by atoms with Gasteiger partial charge in [-0.3, -0.25) is 14.1 Å². The molecule has 1 aromatic heterocycles. The molecule has 0 bridgehead atoms. The van der Waals surface area contributed by atoms with E-state index in [1.165, 1.54) is 38.4 Å². The van der Waals surface area contributed by atoms with Crippen molar-refractivity contribution in [1.29, 1.82) is 0 Å². The predicted octanol–water partition coefficient (Wildman–Crippen LogP) is 3.61. The van der Waals surface area contributed by atoms with Crippen LogP contribution in [0.4, 0.5) is 23.4 Å². The SMILES string of the molecule is COc1ccc(F)cc1C(=O)NCc1ccc(-c2nn(C(C(F)(F)F)[N+]3(C)CCCC3)c(N)c2C(N)=O)cc1. The number of carbonyl (C=O) groups is 2. The molecule has 2 amide bonds. The number of likely N-dealkylation sites (tertiary alicyclic amines) is 1. The zero-order valence-corrected chi connectivity index (χ0v) is 21.4. The third-order valence-electron chi connectivity index (χ3n) is 6.98. The van der Waals surface area contributed by atoms with E-state index in [2.05, 4.69) is 10.4 Å². The topological polar surface area (TPSA) is 125 Å². The number of halogens is 4. The van der Waals surface area contributed by atoms with Crippen LogP contribution in [-0.2, 0) is 6.54 Å². The van der Waals surface area contributed by atoms with Gasteiger partial charge in [-0.1, -0.05) is 24.3 Å². The number of benzene rings is 2. The van der Waals surface area contributed by atoms with Crippen molar-refractivity contribution < 1.29 is 36.4 Å². The van der Waals surface area contributed by atoms with Crippen LogP contribution in [-0.4, -0.2) is 59.5 Å². The summed E-state index contributed by atoms with van der Waals surface area (Å²) < 4.78 is 62.0. The molecule has 1 aliphatic heterocycles.